The average molecular weight is 325 g/mol. The van der Waals surface area contributed by atoms with Gasteiger partial charge in [0.1, 0.15) is 11.6 Å². The molecule has 2 aromatic rings. The number of hydrogen-bond acceptors (Lipinski definition) is 1. The summed E-state index contributed by atoms with van der Waals surface area (Å²) in [6.07, 6.45) is 0. The topological polar surface area (TPSA) is 17.1 Å². The Morgan fingerprint density at radius 2 is 1.42 bits per heavy atom. The first kappa shape index (κ1) is 13.9. The summed E-state index contributed by atoms with van der Waals surface area (Å²) in [6.45, 7) is 3.66. The lowest BCUT2D eigenvalue weighted by molar-refractivity contribution is 0.103. The molecule has 19 heavy (non-hydrogen) atoms. The number of hydrogen-bond donors (Lipinski definition) is 0. The van der Waals surface area contributed by atoms with Crippen molar-refractivity contribution in [1.29, 1.82) is 0 Å². The van der Waals surface area contributed by atoms with Gasteiger partial charge in [0.25, 0.3) is 0 Å². The zero-order valence-electron chi connectivity index (χ0n) is 10.4. The van der Waals surface area contributed by atoms with Gasteiger partial charge in [0.2, 0.25) is 0 Å². The maximum atomic E-state index is 13.8. The van der Waals surface area contributed by atoms with Crippen LogP contribution in [0.3, 0.4) is 0 Å². The third-order valence-electron chi connectivity index (χ3n) is 2.72. The van der Waals surface area contributed by atoms with Gasteiger partial charge in [0.05, 0.1) is 5.56 Å². The summed E-state index contributed by atoms with van der Waals surface area (Å²) in [6, 6.07) is 7.30. The van der Waals surface area contributed by atoms with Crippen molar-refractivity contribution in [2.24, 2.45) is 0 Å². The summed E-state index contributed by atoms with van der Waals surface area (Å²) < 4.78 is 27.8. The fraction of sp³-hybridized carbons (Fsp3) is 0.133. The summed E-state index contributed by atoms with van der Waals surface area (Å²) in [5, 5.41) is 0. The van der Waals surface area contributed by atoms with E-state index in [1.807, 2.05) is 19.9 Å². The van der Waals surface area contributed by atoms with Crippen molar-refractivity contribution in [3.8, 4) is 0 Å². The smallest absolute Gasteiger partial charge is 0.198 e. The van der Waals surface area contributed by atoms with Crippen LogP contribution in [0.1, 0.15) is 27.0 Å². The molecule has 0 saturated heterocycles. The predicted molar refractivity (Wildman–Crippen MR) is 73.4 cm³/mol. The molecule has 1 nitrogen and oxygen atoms in total. The standard InChI is InChI=1S/C15H11BrF2O/c1-8-3-9(2)5-10(4-8)15(19)14-12(17)6-11(16)7-13(14)18/h3-7H,1-2H3. The maximum Gasteiger partial charge on any atom is 0.198 e. The molecule has 2 aromatic carbocycles. The van der Waals surface area contributed by atoms with E-state index in [-0.39, 0.29) is 10.0 Å². The number of aryl methyl sites for hydroxylation is 2. The average Bonchev–Trinajstić information content (AvgIpc) is 2.25. The molecule has 0 saturated carbocycles. The second-order valence-electron chi connectivity index (χ2n) is 4.45. The Kier molecular flexibility index (Phi) is 3.80. The normalized spacial score (nSPS) is 10.6. The summed E-state index contributed by atoms with van der Waals surface area (Å²) in [7, 11) is 0. The number of carbonyl (C=O) groups is 1. The van der Waals surface area contributed by atoms with Gasteiger partial charge in [0.15, 0.2) is 5.78 Å². The van der Waals surface area contributed by atoms with E-state index < -0.39 is 23.0 Å². The van der Waals surface area contributed by atoms with Crippen LogP contribution in [0, 0.1) is 25.5 Å². The molecular formula is C15H11BrF2O. The van der Waals surface area contributed by atoms with Crippen molar-refractivity contribution >= 4 is 21.7 Å². The first-order chi connectivity index (χ1) is 8.88. The maximum absolute atomic E-state index is 13.8. The molecule has 0 bridgehead atoms. The molecule has 0 atom stereocenters. The van der Waals surface area contributed by atoms with E-state index in [1.54, 1.807) is 12.1 Å². The van der Waals surface area contributed by atoms with E-state index in [0.29, 0.717) is 0 Å². The minimum Gasteiger partial charge on any atom is -0.288 e. The van der Waals surface area contributed by atoms with E-state index in [4.69, 9.17) is 0 Å². The lowest BCUT2D eigenvalue weighted by atomic mass is 9.99. The molecule has 0 aromatic heterocycles. The predicted octanol–water partition coefficient (Wildman–Crippen LogP) is 4.58. The highest BCUT2D eigenvalue weighted by molar-refractivity contribution is 9.10. The van der Waals surface area contributed by atoms with E-state index in [0.717, 1.165) is 23.3 Å². The van der Waals surface area contributed by atoms with Crippen LogP contribution in [-0.4, -0.2) is 5.78 Å². The van der Waals surface area contributed by atoms with Crippen LogP contribution in [0.4, 0.5) is 8.78 Å². The van der Waals surface area contributed by atoms with Crippen LogP contribution in [0.25, 0.3) is 0 Å². The molecule has 0 N–H and O–H groups in total. The van der Waals surface area contributed by atoms with Crippen molar-refractivity contribution in [2.45, 2.75) is 13.8 Å². The van der Waals surface area contributed by atoms with Gasteiger partial charge in [-0.2, -0.15) is 0 Å². The van der Waals surface area contributed by atoms with Crippen molar-refractivity contribution < 1.29 is 13.6 Å². The van der Waals surface area contributed by atoms with E-state index in [1.165, 1.54) is 0 Å². The quantitative estimate of drug-likeness (QED) is 0.739. The fourth-order valence-corrected chi connectivity index (χ4v) is 2.41. The number of carbonyl (C=O) groups excluding carboxylic acids is 1. The molecule has 0 aliphatic carbocycles. The summed E-state index contributed by atoms with van der Waals surface area (Å²) in [5.74, 6) is -2.37. The van der Waals surface area contributed by atoms with E-state index >= 15 is 0 Å². The highest BCUT2D eigenvalue weighted by Gasteiger charge is 2.20. The summed E-state index contributed by atoms with van der Waals surface area (Å²) in [5.41, 5.74) is 1.52. The monoisotopic (exact) mass is 324 g/mol. The minimum atomic E-state index is -0.865. The Morgan fingerprint density at radius 3 is 1.89 bits per heavy atom. The fourth-order valence-electron chi connectivity index (χ4n) is 2.01. The Bertz CT molecular complexity index is 622. The molecule has 0 aliphatic heterocycles. The largest absolute Gasteiger partial charge is 0.288 e. The highest BCUT2D eigenvalue weighted by atomic mass is 79.9. The Morgan fingerprint density at radius 1 is 0.947 bits per heavy atom. The van der Waals surface area contributed by atoms with Crippen LogP contribution >= 0.6 is 15.9 Å². The van der Waals surface area contributed by atoms with Gasteiger partial charge in [-0.25, -0.2) is 8.78 Å². The molecule has 0 fully saturated rings. The van der Waals surface area contributed by atoms with Crippen molar-refractivity contribution in [3.63, 3.8) is 0 Å². The van der Waals surface area contributed by atoms with E-state index in [9.17, 15) is 13.6 Å². The molecule has 98 valence electrons. The van der Waals surface area contributed by atoms with Gasteiger partial charge in [-0.15, -0.1) is 0 Å². The molecule has 0 spiro atoms. The SMILES string of the molecule is Cc1cc(C)cc(C(=O)c2c(F)cc(Br)cc2F)c1. The van der Waals surface area contributed by atoms with Crippen molar-refractivity contribution in [2.75, 3.05) is 0 Å². The van der Waals surface area contributed by atoms with E-state index in [2.05, 4.69) is 15.9 Å². The lowest BCUT2D eigenvalue weighted by Crippen LogP contribution is -2.08. The molecule has 0 heterocycles. The lowest BCUT2D eigenvalue weighted by Gasteiger charge is -2.07. The summed E-state index contributed by atoms with van der Waals surface area (Å²) in [4.78, 5) is 12.2. The third kappa shape index (κ3) is 2.89. The highest BCUT2D eigenvalue weighted by Crippen LogP contribution is 2.23. The number of halogens is 3. The minimum absolute atomic E-state index is 0.263. The molecule has 4 heteroatoms. The summed E-state index contributed by atoms with van der Waals surface area (Å²) >= 11 is 2.98. The van der Waals surface area contributed by atoms with Crippen LogP contribution in [-0.2, 0) is 0 Å². The van der Waals surface area contributed by atoms with Crippen LogP contribution in [0.5, 0.6) is 0 Å². The van der Waals surface area contributed by atoms with Crippen molar-refractivity contribution in [3.05, 3.63) is 68.7 Å². The third-order valence-corrected chi connectivity index (χ3v) is 3.18. The van der Waals surface area contributed by atoms with Gasteiger partial charge in [-0.05, 0) is 38.1 Å². The van der Waals surface area contributed by atoms with Crippen LogP contribution in [0.2, 0.25) is 0 Å². The van der Waals surface area contributed by atoms with Gasteiger partial charge in [0, 0.05) is 10.0 Å². The molecular weight excluding hydrogens is 314 g/mol. The first-order valence-electron chi connectivity index (χ1n) is 5.66. The first-order valence-corrected chi connectivity index (χ1v) is 6.45. The number of benzene rings is 2. The zero-order chi connectivity index (χ0) is 14.2. The molecule has 2 rings (SSSR count). The molecule has 0 aliphatic rings. The van der Waals surface area contributed by atoms with Gasteiger partial charge in [-0.3, -0.25) is 4.79 Å². The van der Waals surface area contributed by atoms with Crippen molar-refractivity contribution in [1.82, 2.24) is 0 Å². The molecule has 0 unspecified atom stereocenters. The molecule has 0 amide bonds. The van der Waals surface area contributed by atoms with Gasteiger partial charge in [-0.1, -0.05) is 33.1 Å². The number of rotatable bonds is 2. The van der Waals surface area contributed by atoms with Gasteiger partial charge < -0.3 is 0 Å². The zero-order valence-corrected chi connectivity index (χ0v) is 12.0. The Labute approximate surface area is 118 Å². The second kappa shape index (κ2) is 5.21. The Balaban J connectivity index is 2.56. The van der Waals surface area contributed by atoms with Crippen LogP contribution < -0.4 is 0 Å². The Hall–Kier alpha value is -1.55. The van der Waals surface area contributed by atoms with Gasteiger partial charge >= 0.3 is 0 Å². The van der Waals surface area contributed by atoms with Crippen LogP contribution in [0.15, 0.2) is 34.8 Å². The second-order valence-corrected chi connectivity index (χ2v) is 5.37. The molecule has 0 radical (unpaired) electrons. The number of ketones is 1.